The van der Waals surface area contributed by atoms with E-state index in [0.717, 1.165) is 25.5 Å². The summed E-state index contributed by atoms with van der Waals surface area (Å²) >= 11 is 0. The maximum atomic E-state index is 5.81. The highest BCUT2D eigenvalue weighted by Crippen LogP contribution is 2.34. The Kier molecular flexibility index (Phi) is 4.24. The minimum atomic E-state index is 0.432. The van der Waals surface area contributed by atoms with Gasteiger partial charge in [-0.3, -0.25) is 0 Å². The molecule has 2 aliphatic heterocycles. The second-order valence-corrected chi connectivity index (χ2v) is 6.14. The van der Waals surface area contributed by atoms with Gasteiger partial charge in [0.25, 0.3) is 0 Å². The summed E-state index contributed by atoms with van der Waals surface area (Å²) in [6.07, 6.45) is 2.60. The monoisotopic (exact) mass is 278 g/mol. The van der Waals surface area contributed by atoms with Gasteiger partial charge in [-0.25, -0.2) is 0 Å². The summed E-state index contributed by atoms with van der Waals surface area (Å²) in [6, 6.07) is 9.02. The Morgan fingerprint density at radius 2 is 2.05 bits per heavy atom. The Bertz CT molecular complexity index is 427. The van der Waals surface area contributed by atoms with Gasteiger partial charge in [0.15, 0.2) is 0 Å². The number of hydrogen-bond acceptors (Lipinski definition) is 2. The van der Waals surface area contributed by atoms with Crippen LogP contribution < -0.4 is 15.4 Å². The number of ether oxygens (including phenoxy) is 2. The lowest BCUT2D eigenvalue weighted by molar-refractivity contribution is -0.724. The Hall–Kier alpha value is -1.10. The van der Waals surface area contributed by atoms with Crippen molar-refractivity contribution in [1.82, 2.24) is 0 Å². The molecule has 4 N–H and O–H groups in total. The van der Waals surface area contributed by atoms with E-state index in [2.05, 4.69) is 22.8 Å². The van der Waals surface area contributed by atoms with Gasteiger partial charge in [-0.2, -0.15) is 0 Å². The van der Waals surface area contributed by atoms with E-state index in [9.17, 15) is 0 Å². The van der Waals surface area contributed by atoms with Crippen molar-refractivity contribution in [1.29, 1.82) is 0 Å². The lowest BCUT2D eigenvalue weighted by atomic mass is 9.75. The first-order valence-corrected chi connectivity index (χ1v) is 7.68. The fourth-order valence-corrected chi connectivity index (χ4v) is 3.59. The molecule has 4 nitrogen and oxygen atoms in total. The van der Waals surface area contributed by atoms with Crippen molar-refractivity contribution in [3.8, 4) is 5.75 Å². The molecule has 0 amide bonds. The quantitative estimate of drug-likeness (QED) is 0.780. The first-order valence-electron chi connectivity index (χ1n) is 7.68. The van der Waals surface area contributed by atoms with Crippen LogP contribution >= 0.6 is 0 Å². The van der Waals surface area contributed by atoms with Crippen LogP contribution in [0.25, 0.3) is 0 Å². The molecule has 1 atom stereocenters. The highest BCUT2D eigenvalue weighted by Gasteiger charge is 2.48. The van der Waals surface area contributed by atoms with Gasteiger partial charge < -0.3 is 20.1 Å². The fourth-order valence-electron chi connectivity index (χ4n) is 3.59. The molecule has 20 heavy (non-hydrogen) atoms. The van der Waals surface area contributed by atoms with Gasteiger partial charge >= 0.3 is 0 Å². The minimum Gasteiger partial charge on any atom is -0.497 e. The first kappa shape index (κ1) is 13.9. The second kappa shape index (κ2) is 6.12. The van der Waals surface area contributed by atoms with Crippen molar-refractivity contribution in [3.05, 3.63) is 29.8 Å². The molecule has 0 radical (unpaired) electrons. The molecule has 0 saturated carbocycles. The van der Waals surface area contributed by atoms with E-state index in [0.29, 0.717) is 11.5 Å². The van der Waals surface area contributed by atoms with E-state index in [4.69, 9.17) is 9.47 Å². The highest BCUT2D eigenvalue weighted by molar-refractivity contribution is 5.26. The Labute approximate surface area is 120 Å². The Balaban J connectivity index is 1.59. The summed E-state index contributed by atoms with van der Waals surface area (Å²) in [5, 5.41) is 4.92. The van der Waals surface area contributed by atoms with Crippen molar-refractivity contribution in [2.45, 2.75) is 25.4 Å². The van der Waals surface area contributed by atoms with Gasteiger partial charge in [-0.15, -0.1) is 0 Å². The predicted molar refractivity (Wildman–Crippen MR) is 76.6 cm³/mol. The van der Waals surface area contributed by atoms with E-state index in [1.807, 2.05) is 12.1 Å². The Morgan fingerprint density at radius 1 is 1.30 bits per heavy atom. The molecule has 1 aromatic rings. The molecule has 2 heterocycles. The molecule has 2 saturated heterocycles. The zero-order valence-electron chi connectivity index (χ0n) is 12.3. The molecule has 4 heteroatoms. The number of methoxy groups -OCH3 is 1. The van der Waals surface area contributed by atoms with Crippen LogP contribution in [0.15, 0.2) is 24.3 Å². The molecule has 110 valence electrons. The van der Waals surface area contributed by atoms with E-state index in [1.165, 1.54) is 31.5 Å². The summed E-state index contributed by atoms with van der Waals surface area (Å²) in [6.45, 7) is 5.43. The number of nitrogens with two attached hydrogens (primary N) is 2. The first-order chi connectivity index (χ1) is 9.82. The number of benzene rings is 1. The van der Waals surface area contributed by atoms with Crippen LogP contribution in [0, 0.1) is 5.41 Å². The summed E-state index contributed by atoms with van der Waals surface area (Å²) < 4.78 is 11.0. The SMILES string of the molecule is COc1ccc(C[NH2+]C2COCC23CC[NH2+]CC3)cc1. The van der Waals surface area contributed by atoms with Gasteiger partial charge in [-0.05, 0) is 24.3 Å². The highest BCUT2D eigenvalue weighted by atomic mass is 16.5. The zero-order valence-corrected chi connectivity index (χ0v) is 12.3. The minimum absolute atomic E-state index is 0.432. The lowest BCUT2D eigenvalue weighted by Crippen LogP contribution is -2.95. The van der Waals surface area contributed by atoms with Gasteiger partial charge in [0, 0.05) is 18.4 Å². The van der Waals surface area contributed by atoms with Crippen LogP contribution in [0.4, 0.5) is 0 Å². The van der Waals surface area contributed by atoms with Crippen LogP contribution in [0.1, 0.15) is 18.4 Å². The van der Waals surface area contributed by atoms with Gasteiger partial charge in [-0.1, -0.05) is 0 Å². The number of hydrogen-bond donors (Lipinski definition) is 2. The predicted octanol–water partition coefficient (Wildman–Crippen LogP) is -0.499. The summed E-state index contributed by atoms with van der Waals surface area (Å²) in [5.41, 5.74) is 1.79. The van der Waals surface area contributed by atoms with Gasteiger partial charge in [0.1, 0.15) is 18.3 Å². The number of rotatable bonds is 4. The van der Waals surface area contributed by atoms with E-state index >= 15 is 0 Å². The van der Waals surface area contributed by atoms with Crippen molar-refractivity contribution in [3.63, 3.8) is 0 Å². The zero-order chi connectivity index (χ0) is 13.8. The van der Waals surface area contributed by atoms with Gasteiger partial charge in [0.05, 0.1) is 38.8 Å². The topological polar surface area (TPSA) is 51.7 Å². The number of quaternary nitrogens is 2. The third-order valence-electron chi connectivity index (χ3n) is 4.96. The van der Waals surface area contributed by atoms with Crippen molar-refractivity contribution in [2.75, 3.05) is 33.4 Å². The second-order valence-electron chi connectivity index (χ2n) is 6.14. The molecule has 3 rings (SSSR count). The molecule has 1 aromatic carbocycles. The van der Waals surface area contributed by atoms with E-state index < -0.39 is 0 Å². The molecule has 1 unspecified atom stereocenters. The number of piperidine rings is 1. The van der Waals surface area contributed by atoms with Crippen LogP contribution in [-0.2, 0) is 11.3 Å². The largest absolute Gasteiger partial charge is 0.497 e. The van der Waals surface area contributed by atoms with Gasteiger partial charge in [0.2, 0.25) is 0 Å². The smallest absolute Gasteiger partial charge is 0.118 e. The average Bonchev–Trinajstić information content (AvgIpc) is 2.88. The van der Waals surface area contributed by atoms with E-state index in [1.54, 1.807) is 7.11 Å². The molecule has 0 aliphatic carbocycles. The van der Waals surface area contributed by atoms with Crippen LogP contribution in [0.5, 0.6) is 5.75 Å². The third kappa shape index (κ3) is 2.82. The maximum Gasteiger partial charge on any atom is 0.118 e. The molecular weight excluding hydrogens is 252 g/mol. The van der Waals surface area contributed by atoms with Crippen molar-refractivity contribution < 1.29 is 20.1 Å². The van der Waals surface area contributed by atoms with Crippen LogP contribution in [0.2, 0.25) is 0 Å². The molecule has 0 bridgehead atoms. The van der Waals surface area contributed by atoms with Crippen LogP contribution in [-0.4, -0.2) is 39.5 Å². The summed E-state index contributed by atoms with van der Waals surface area (Å²) in [4.78, 5) is 0. The molecular formula is C16H26N2O2+2. The average molecular weight is 278 g/mol. The molecule has 0 aromatic heterocycles. The molecule has 1 spiro atoms. The fraction of sp³-hybridized carbons (Fsp3) is 0.625. The molecule has 2 fully saturated rings. The third-order valence-corrected chi connectivity index (χ3v) is 4.96. The summed E-state index contributed by atoms with van der Waals surface area (Å²) in [7, 11) is 1.71. The normalized spacial score (nSPS) is 24.9. The Morgan fingerprint density at radius 3 is 2.75 bits per heavy atom. The lowest BCUT2D eigenvalue weighted by Gasteiger charge is -2.33. The van der Waals surface area contributed by atoms with Crippen molar-refractivity contribution in [2.24, 2.45) is 5.41 Å². The summed E-state index contributed by atoms with van der Waals surface area (Å²) in [5.74, 6) is 0.928. The van der Waals surface area contributed by atoms with Crippen molar-refractivity contribution >= 4 is 0 Å². The van der Waals surface area contributed by atoms with E-state index in [-0.39, 0.29) is 0 Å². The maximum absolute atomic E-state index is 5.81. The molecule has 2 aliphatic rings. The van der Waals surface area contributed by atoms with Crippen LogP contribution in [0.3, 0.4) is 0 Å². The standard InChI is InChI=1S/C16H24N2O2/c1-19-14-4-2-13(3-5-14)10-18-15-11-20-12-16(15)6-8-17-9-7-16/h2-5,15,17-18H,6-12H2,1H3/p+2.